The number of amides is 2. The van der Waals surface area contributed by atoms with Crippen molar-refractivity contribution in [2.24, 2.45) is 0 Å². The normalized spacial score (nSPS) is 17.6. The Balaban J connectivity index is 1.68. The van der Waals surface area contributed by atoms with E-state index in [9.17, 15) is 9.59 Å². The van der Waals surface area contributed by atoms with Gasteiger partial charge in [-0.2, -0.15) is 0 Å². The first-order chi connectivity index (χ1) is 11.2. The van der Waals surface area contributed by atoms with Gasteiger partial charge in [0.1, 0.15) is 6.04 Å². The van der Waals surface area contributed by atoms with E-state index in [0.717, 1.165) is 17.7 Å². The van der Waals surface area contributed by atoms with Crippen molar-refractivity contribution in [2.75, 3.05) is 5.32 Å². The number of carbonyl (C=O) groups is 2. The van der Waals surface area contributed by atoms with Crippen LogP contribution >= 0.6 is 0 Å². The lowest BCUT2D eigenvalue weighted by molar-refractivity contribution is -0.139. The van der Waals surface area contributed by atoms with Crippen LogP contribution in [0.25, 0.3) is 0 Å². The second kappa shape index (κ2) is 6.65. The van der Waals surface area contributed by atoms with E-state index in [1.54, 1.807) is 0 Å². The van der Waals surface area contributed by atoms with Gasteiger partial charge in [-0.05, 0) is 29.7 Å². The van der Waals surface area contributed by atoms with E-state index in [-0.39, 0.29) is 18.2 Å². The van der Waals surface area contributed by atoms with Crippen LogP contribution in [0.4, 0.5) is 5.69 Å². The van der Waals surface area contributed by atoms with Gasteiger partial charge in [0.15, 0.2) is 0 Å². The summed E-state index contributed by atoms with van der Waals surface area (Å²) in [5, 5.41) is 3.18. The third-order valence-electron chi connectivity index (χ3n) is 4.13. The first kappa shape index (κ1) is 15.3. The molecule has 0 radical (unpaired) electrons. The molecule has 4 heteroatoms. The van der Waals surface area contributed by atoms with Gasteiger partial charge in [0.25, 0.3) is 5.91 Å². The van der Waals surface area contributed by atoms with E-state index in [2.05, 4.69) is 12.2 Å². The maximum Gasteiger partial charge on any atom is 0.252 e. The van der Waals surface area contributed by atoms with Gasteiger partial charge in [0.05, 0.1) is 13.0 Å². The number of benzene rings is 2. The average Bonchev–Trinajstić information content (AvgIpc) is 2.84. The smallest absolute Gasteiger partial charge is 0.252 e. The van der Waals surface area contributed by atoms with Gasteiger partial charge in [-0.3, -0.25) is 14.5 Å². The minimum Gasteiger partial charge on any atom is -0.373 e. The van der Waals surface area contributed by atoms with Crippen LogP contribution in [0.15, 0.2) is 54.6 Å². The number of anilines is 1. The SMILES string of the molecule is CCc1ccc(NC2CC(=O)N(Cc3ccccc3)C2=O)cc1. The van der Waals surface area contributed by atoms with Crippen molar-refractivity contribution < 1.29 is 9.59 Å². The standard InChI is InChI=1S/C19H20N2O2/c1-2-14-8-10-16(11-9-14)20-17-12-18(22)21(19(17)23)13-15-6-4-3-5-7-15/h3-11,17,20H,2,12-13H2,1H3. The van der Waals surface area contributed by atoms with Crippen molar-refractivity contribution in [1.29, 1.82) is 0 Å². The number of imide groups is 1. The lowest BCUT2D eigenvalue weighted by Gasteiger charge is -2.16. The molecular weight excluding hydrogens is 288 g/mol. The van der Waals surface area contributed by atoms with Gasteiger partial charge >= 0.3 is 0 Å². The summed E-state index contributed by atoms with van der Waals surface area (Å²) < 4.78 is 0. The zero-order valence-corrected chi connectivity index (χ0v) is 13.2. The number of hydrogen-bond acceptors (Lipinski definition) is 3. The van der Waals surface area contributed by atoms with E-state index >= 15 is 0 Å². The highest BCUT2D eigenvalue weighted by atomic mass is 16.2. The van der Waals surface area contributed by atoms with Crippen molar-refractivity contribution in [1.82, 2.24) is 4.90 Å². The highest BCUT2D eigenvalue weighted by Gasteiger charge is 2.38. The van der Waals surface area contributed by atoms with Crippen LogP contribution in [0.1, 0.15) is 24.5 Å². The van der Waals surface area contributed by atoms with Crippen molar-refractivity contribution in [3.05, 3.63) is 65.7 Å². The third-order valence-corrected chi connectivity index (χ3v) is 4.13. The lowest BCUT2D eigenvalue weighted by Crippen LogP contribution is -2.34. The van der Waals surface area contributed by atoms with Gasteiger partial charge in [0.2, 0.25) is 5.91 Å². The molecule has 1 unspecified atom stereocenters. The minimum atomic E-state index is -0.473. The van der Waals surface area contributed by atoms with Crippen LogP contribution in [-0.2, 0) is 22.6 Å². The van der Waals surface area contributed by atoms with Crippen LogP contribution in [0.3, 0.4) is 0 Å². The highest BCUT2D eigenvalue weighted by Crippen LogP contribution is 2.21. The third kappa shape index (κ3) is 3.42. The molecule has 0 bridgehead atoms. The number of nitrogens with one attached hydrogen (secondary N) is 1. The quantitative estimate of drug-likeness (QED) is 0.864. The number of carbonyl (C=O) groups excluding carboxylic acids is 2. The van der Waals surface area contributed by atoms with Crippen molar-refractivity contribution in [2.45, 2.75) is 32.4 Å². The number of aryl methyl sites for hydroxylation is 1. The van der Waals surface area contributed by atoms with Gasteiger partial charge < -0.3 is 5.32 Å². The molecule has 0 aromatic heterocycles. The van der Waals surface area contributed by atoms with Crippen LogP contribution in [0.2, 0.25) is 0 Å². The first-order valence-corrected chi connectivity index (χ1v) is 7.91. The number of likely N-dealkylation sites (tertiary alicyclic amines) is 1. The predicted octanol–water partition coefficient (Wildman–Crippen LogP) is 2.99. The fourth-order valence-electron chi connectivity index (χ4n) is 2.77. The fraction of sp³-hybridized carbons (Fsp3) is 0.263. The molecular formula is C19H20N2O2. The Morgan fingerprint density at radius 3 is 2.35 bits per heavy atom. The van der Waals surface area contributed by atoms with E-state index < -0.39 is 6.04 Å². The monoisotopic (exact) mass is 308 g/mol. The molecule has 0 spiro atoms. The van der Waals surface area contributed by atoms with Crippen molar-refractivity contribution >= 4 is 17.5 Å². The summed E-state index contributed by atoms with van der Waals surface area (Å²) in [4.78, 5) is 26.0. The van der Waals surface area contributed by atoms with Crippen LogP contribution in [0, 0.1) is 0 Å². The van der Waals surface area contributed by atoms with E-state index in [1.807, 2.05) is 54.6 Å². The highest BCUT2D eigenvalue weighted by molar-refractivity contribution is 6.06. The molecule has 1 aliphatic rings. The predicted molar refractivity (Wildman–Crippen MR) is 89.8 cm³/mol. The molecule has 4 nitrogen and oxygen atoms in total. The van der Waals surface area contributed by atoms with Gasteiger partial charge in [-0.1, -0.05) is 49.4 Å². The molecule has 1 heterocycles. The molecule has 1 atom stereocenters. The second-order valence-electron chi connectivity index (χ2n) is 5.76. The lowest BCUT2D eigenvalue weighted by atomic mass is 10.1. The largest absolute Gasteiger partial charge is 0.373 e. The van der Waals surface area contributed by atoms with E-state index in [1.165, 1.54) is 10.5 Å². The molecule has 1 N–H and O–H groups in total. The molecule has 1 saturated heterocycles. The molecule has 0 saturated carbocycles. The van der Waals surface area contributed by atoms with Gasteiger partial charge in [-0.25, -0.2) is 0 Å². The zero-order valence-electron chi connectivity index (χ0n) is 13.2. The summed E-state index contributed by atoms with van der Waals surface area (Å²) in [7, 11) is 0. The average molecular weight is 308 g/mol. The first-order valence-electron chi connectivity index (χ1n) is 7.91. The Morgan fingerprint density at radius 1 is 1.00 bits per heavy atom. The van der Waals surface area contributed by atoms with E-state index in [4.69, 9.17) is 0 Å². The molecule has 118 valence electrons. The van der Waals surface area contributed by atoms with Crippen molar-refractivity contribution in [3.63, 3.8) is 0 Å². The van der Waals surface area contributed by atoms with Gasteiger partial charge in [0, 0.05) is 5.69 Å². The topological polar surface area (TPSA) is 49.4 Å². The van der Waals surface area contributed by atoms with E-state index in [0.29, 0.717) is 6.54 Å². The second-order valence-corrected chi connectivity index (χ2v) is 5.76. The van der Waals surface area contributed by atoms with Crippen molar-refractivity contribution in [3.8, 4) is 0 Å². The Kier molecular flexibility index (Phi) is 4.42. The molecule has 2 aromatic rings. The Labute approximate surface area is 136 Å². The molecule has 1 fully saturated rings. The maximum atomic E-state index is 12.5. The number of nitrogens with zero attached hydrogens (tertiary/aromatic N) is 1. The molecule has 3 rings (SSSR count). The number of rotatable bonds is 5. The summed E-state index contributed by atoms with van der Waals surface area (Å²) in [5.41, 5.74) is 3.08. The summed E-state index contributed by atoms with van der Waals surface area (Å²) in [6, 6.07) is 17.1. The van der Waals surface area contributed by atoms with Gasteiger partial charge in [-0.15, -0.1) is 0 Å². The Morgan fingerprint density at radius 2 is 1.70 bits per heavy atom. The Bertz CT molecular complexity index is 695. The fourth-order valence-corrected chi connectivity index (χ4v) is 2.77. The molecule has 2 aromatic carbocycles. The van der Waals surface area contributed by atoms with Crippen LogP contribution < -0.4 is 5.32 Å². The molecule has 1 aliphatic heterocycles. The summed E-state index contributed by atoms with van der Waals surface area (Å²) in [5.74, 6) is -0.278. The zero-order chi connectivity index (χ0) is 16.2. The molecule has 2 amide bonds. The summed E-state index contributed by atoms with van der Waals surface area (Å²) in [6.07, 6.45) is 1.19. The molecule has 0 aliphatic carbocycles. The Hall–Kier alpha value is -2.62. The summed E-state index contributed by atoms with van der Waals surface area (Å²) in [6.45, 7) is 2.44. The number of hydrogen-bond donors (Lipinski definition) is 1. The van der Waals surface area contributed by atoms with Crippen LogP contribution in [0.5, 0.6) is 0 Å². The van der Waals surface area contributed by atoms with Crippen LogP contribution in [-0.4, -0.2) is 22.8 Å². The maximum absolute atomic E-state index is 12.5. The summed E-state index contributed by atoms with van der Waals surface area (Å²) >= 11 is 0. The minimum absolute atomic E-state index is 0.124. The molecule has 23 heavy (non-hydrogen) atoms.